The Labute approximate surface area is 160 Å². The van der Waals surface area contributed by atoms with Gasteiger partial charge in [-0.25, -0.2) is 14.2 Å². The fourth-order valence-corrected chi connectivity index (χ4v) is 2.89. The minimum Gasteiger partial charge on any atom is -0.475 e. The molecule has 3 rings (SSSR count). The second-order valence-electron chi connectivity index (χ2n) is 5.75. The lowest BCUT2D eigenvalue weighted by Gasteiger charge is -2.15. The average Bonchev–Trinajstić information content (AvgIpc) is 2.61. The van der Waals surface area contributed by atoms with Crippen LogP contribution in [-0.2, 0) is 4.79 Å². The number of ether oxygens (including phenoxy) is 1. The molecule has 6 heteroatoms. The van der Waals surface area contributed by atoms with Gasteiger partial charge >= 0.3 is 5.97 Å². The molecule has 0 amide bonds. The minimum atomic E-state index is -1.29. The molecule has 1 heterocycles. The van der Waals surface area contributed by atoms with Crippen LogP contribution in [0.25, 0.3) is 5.57 Å². The van der Waals surface area contributed by atoms with E-state index in [9.17, 15) is 14.3 Å². The first-order valence-electron chi connectivity index (χ1n) is 8.05. The maximum Gasteiger partial charge on any atom is 0.372 e. The van der Waals surface area contributed by atoms with E-state index in [4.69, 9.17) is 16.3 Å². The number of aromatic nitrogens is 1. The van der Waals surface area contributed by atoms with Gasteiger partial charge in [0.15, 0.2) is 0 Å². The Kier molecular flexibility index (Phi) is 5.52. The van der Waals surface area contributed by atoms with Crippen molar-refractivity contribution < 1.29 is 19.0 Å². The highest BCUT2D eigenvalue weighted by atomic mass is 35.5. The van der Waals surface area contributed by atoms with Crippen LogP contribution in [-0.4, -0.2) is 16.1 Å². The van der Waals surface area contributed by atoms with Gasteiger partial charge in [0, 0.05) is 23.4 Å². The third kappa shape index (κ3) is 4.51. The number of carboxylic acids is 1. The third-order valence-electron chi connectivity index (χ3n) is 3.71. The predicted molar refractivity (Wildman–Crippen MR) is 101 cm³/mol. The van der Waals surface area contributed by atoms with Crippen molar-refractivity contribution >= 4 is 23.1 Å². The van der Waals surface area contributed by atoms with Gasteiger partial charge in [-0.15, -0.1) is 0 Å². The highest BCUT2D eigenvalue weighted by Crippen LogP contribution is 2.30. The molecule has 136 valence electrons. The normalized spacial score (nSPS) is 11.7. The zero-order chi connectivity index (χ0) is 19.4. The van der Waals surface area contributed by atoms with E-state index < -0.39 is 11.8 Å². The third-order valence-corrected chi connectivity index (χ3v) is 3.91. The largest absolute Gasteiger partial charge is 0.475 e. The molecule has 0 aliphatic rings. The summed E-state index contributed by atoms with van der Waals surface area (Å²) in [7, 11) is 0. The molecule has 4 nitrogen and oxygen atoms in total. The second-order valence-corrected chi connectivity index (χ2v) is 6.14. The second kappa shape index (κ2) is 8.01. The SMILES string of the molecule is Cc1cc(OC(C(=O)O)=C(c2ccccc2)c2cccc(F)c2)cc(Cl)n1. The topological polar surface area (TPSA) is 59.4 Å². The average molecular weight is 384 g/mol. The van der Waals surface area contributed by atoms with Crippen molar-refractivity contribution in [1.29, 1.82) is 0 Å². The number of aliphatic carboxylic acids is 1. The first kappa shape index (κ1) is 18.6. The summed E-state index contributed by atoms with van der Waals surface area (Å²) >= 11 is 5.94. The van der Waals surface area contributed by atoms with Crippen molar-refractivity contribution in [2.24, 2.45) is 0 Å². The smallest absolute Gasteiger partial charge is 0.372 e. The quantitative estimate of drug-likeness (QED) is 0.378. The first-order valence-corrected chi connectivity index (χ1v) is 8.43. The van der Waals surface area contributed by atoms with E-state index in [0.29, 0.717) is 16.8 Å². The van der Waals surface area contributed by atoms with Crippen LogP contribution in [0.3, 0.4) is 0 Å². The van der Waals surface area contributed by atoms with Gasteiger partial charge in [-0.1, -0.05) is 54.1 Å². The van der Waals surface area contributed by atoms with Crippen molar-refractivity contribution in [2.45, 2.75) is 6.92 Å². The zero-order valence-corrected chi connectivity index (χ0v) is 15.1. The van der Waals surface area contributed by atoms with Crippen LogP contribution in [0.5, 0.6) is 5.75 Å². The molecule has 0 aliphatic heterocycles. The van der Waals surface area contributed by atoms with Crippen LogP contribution in [0.1, 0.15) is 16.8 Å². The lowest BCUT2D eigenvalue weighted by molar-refractivity contribution is -0.134. The molecule has 0 saturated carbocycles. The Bertz CT molecular complexity index is 999. The fraction of sp³-hybridized carbons (Fsp3) is 0.0476. The predicted octanol–water partition coefficient (Wildman–Crippen LogP) is 5.11. The maximum atomic E-state index is 13.8. The molecule has 0 unspecified atom stereocenters. The van der Waals surface area contributed by atoms with E-state index in [1.165, 1.54) is 24.3 Å². The molecular formula is C21H15ClFNO3. The van der Waals surface area contributed by atoms with Gasteiger partial charge in [0.25, 0.3) is 0 Å². The highest BCUT2D eigenvalue weighted by molar-refractivity contribution is 6.29. The van der Waals surface area contributed by atoms with E-state index in [0.717, 1.165) is 0 Å². The molecule has 0 radical (unpaired) electrons. The number of benzene rings is 2. The van der Waals surface area contributed by atoms with Crippen molar-refractivity contribution in [3.63, 3.8) is 0 Å². The molecule has 1 aromatic heterocycles. The first-order chi connectivity index (χ1) is 12.9. The summed E-state index contributed by atoms with van der Waals surface area (Å²) in [5.41, 5.74) is 1.80. The van der Waals surface area contributed by atoms with Crippen LogP contribution in [0.4, 0.5) is 4.39 Å². The number of pyridine rings is 1. The van der Waals surface area contributed by atoms with Crippen molar-refractivity contribution in [1.82, 2.24) is 4.98 Å². The Morgan fingerprint density at radius 2 is 1.74 bits per heavy atom. The number of aryl methyl sites for hydroxylation is 1. The van der Waals surface area contributed by atoms with Gasteiger partial charge in [0.2, 0.25) is 5.76 Å². The number of hydrogen-bond acceptors (Lipinski definition) is 3. The maximum absolute atomic E-state index is 13.8. The lowest BCUT2D eigenvalue weighted by atomic mass is 9.96. The van der Waals surface area contributed by atoms with E-state index >= 15 is 0 Å². The molecule has 0 saturated heterocycles. The standard InChI is InChI=1S/C21H15ClFNO3/c1-13-10-17(12-18(22)24-13)27-20(21(25)26)19(14-6-3-2-4-7-14)15-8-5-9-16(23)11-15/h2-12H,1H3,(H,25,26). The Morgan fingerprint density at radius 3 is 2.37 bits per heavy atom. The molecule has 2 aromatic carbocycles. The highest BCUT2D eigenvalue weighted by Gasteiger charge is 2.21. The van der Waals surface area contributed by atoms with E-state index in [1.807, 2.05) is 0 Å². The number of rotatable bonds is 5. The summed E-state index contributed by atoms with van der Waals surface area (Å²) in [6.45, 7) is 1.72. The molecule has 0 aliphatic carbocycles. The van der Waals surface area contributed by atoms with Crippen LogP contribution >= 0.6 is 11.6 Å². The molecule has 0 atom stereocenters. The summed E-state index contributed by atoms with van der Waals surface area (Å²) in [5.74, 6) is -1.87. The number of hydrogen-bond donors (Lipinski definition) is 1. The molecule has 0 fully saturated rings. The van der Waals surface area contributed by atoms with Crippen molar-refractivity contribution in [3.8, 4) is 5.75 Å². The summed E-state index contributed by atoms with van der Waals surface area (Å²) in [4.78, 5) is 16.1. The monoisotopic (exact) mass is 383 g/mol. The Hall–Kier alpha value is -3.18. The Balaban J connectivity index is 2.23. The van der Waals surface area contributed by atoms with Gasteiger partial charge in [0.1, 0.15) is 16.7 Å². The van der Waals surface area contributed by atoms with Crippen molar-refractivity contribution in [3.05, 3.63) is 100 Å². The zero-order valence-electron chi connectivity index (χ0n) is 14.3. The van der Waals surface area contributed by atoms with E-state index in [-0.39, 0.29) is 22.2 Å². The van der Waals surface area contributed by atoms with E-state index in [2.05, 4.69) is 4.98 Å². The Morgan fingerprint density at radius 1 is 1.04 bits per heavy atom. The van der Waals surface area contributed by atoms with Gasteiger partial charge in [0.05, 0.1) is 0 Å². The summed E-state index contributed by atoms with van der Waals surface area (Å²) < 4.78 is 19.5. The number of halogens is 2. The molecule has 0 spiro atoms. The van der Waals surface area contributed by atoms with Gasteiger partial charge < -0.3 is 9.84 Å². The summed E-state index contributed by atoms with van der Waals surface area (Å²) in [6, 6.07) is 17.5. The van der Waals surface area contributed by atoms with Crippen LogP contribution in [0.15, 0.2) is 72.5 Å². The molecule has 0 bridgehead atoms. The number of nitrogens with zero attached hydrogens (tertiary/aromatic N) is 1. The van der Waals surface area contributed by atoms with Gasteiger partial charge in [-0.05, 0) is 30.2 Å². The van der Waals surface area contributed by atoms with Crippen LogP contribution < -0.4 is 4.74 Å². The van der Waals surface area contributed by atoms with Crippen LogP contribution in [0.2, 0.25) is 5.15 Å². The van der Waals surface area contributed by atoms with Gasteiger partial charge in [-0.3, -0.25) is 0 Å². The fourth-order valence-electron chi connectivity index (χ4n) is 2.65. The number of carboxylic acid groups (broad SMARTS) is 1. The molecule has 27 heavy (non-hydrogen) atoms. The summed E-state index contributed by atoms with van der Waals surface area (Å²) in [6.07, 6.45) is 0. The molecular weight excluding hydrogens is 369 g/mol. The molecule has 3 aromatic rings. The number of carbonyl (C=O) groups is 1. The van der Waals surface area contributed by atoms with Gasteiger partial charge in [-0.2, -0.15) is 0 Å². The summed E-state index contributed by atoms with van der Waals surface area (Å²) in [5, 5.41) is 9.99. The van der Waals surface area contributed by atoms with Crippen molar-refractivity contribution in [2.75, 3.05) is 0 Å². The minimum absolute atomic E-state index is 0.182. The van der Waals surface area contributed by atoms with E-state index in [1.54, 1.807) is 49.4 Å². The lowest BCUT2D eigenvalue weighted by Crippen LogP contribution is -2.12. The van der Waals surface area contributed by atoms with Crippen LogP contribution in [0, 0.1) is 12.7 Å². The molecule has 1 N–H and O–H groups in total.